The lowest BCUT2D eigenvalue weighted by molar-refractivity contribution is -0.141. The zero-order valence-electron chi connectivity index (χ0n) is 17.1. The summed E-state index contributed by atoms with van der Waals surface area (Å²) in [7, 11) is 0. The van der Waals surface area contributed by atoms with Crippen molar-refractivity contribution < 1.29 is 19.7 Å². The van der Waals surface area contributed by atoms with E-state index >= 15 is 0 Å². The topological polar surface area (TPSA) is 112 Å². The first-order valence-corrected chi connectivity index (χ1v) is 10.5. The average molecular weight is 422 g/mol. The number of carboxylic acid groups (broad SMARTS) is 1. The Bertz CT molecular complexity index is 1110. The monoisotopic (exact) mass is 422 g/mol. The van der Waals surface area contributed by atoms with Crippen molar-refractivity contribution in [2.75, 3.05) is 6.54 Å². The Morgan fingerprint density at radius 2 is 1.94 bits per heavy atom. The Hall–Kier alpha value is -3.16. The second-order valence-electron chi connectivity index (χ2n) is 8.01. The Balaban J connectivity index is 1.50. The summed E-state index contributed by atoms with van der Waals surface area (Å²) in [5.74, 6) is -0.534. The number of nitrogens with one attached hydrogen (secondary N) is 2. The first-order valence-electron chi connectivity index (χ1n) is 10.5. The molecule has 162 valence electrons. The van der Waals surface area contributed by atoms with Gasteiger partial charge in [0.2, 0.25) is 5.56 Å². The second kappa shape index (κ2) is 9.32. The normalized spacial score (nSPS) is 19.4. The molecule has 0 aliphatic heterocycles. The molecule has 3 atom stereocenters. The van der Waals surface area contributed by atoms with Crippen molar-refractivity contribution in [1.82, 2.24) is 10.3 Å². The van der Waals surface area contributed by atoms with Crippen molar-refractivity contribution >= 4 is 16.9 Å². The molecule has 0 amide bonds. The number of hydrogen-bond acceptors (Lipinski definition) is 5. The summed E-state index contributed by atoms with van der Waals surface area (Å²) in [5, 5.41) is 24.0. The molecule has 1 aliphatic rings. The molecule has 1 saturated carbocycles. The number of carbonyl (C=O) groups is 1. The van der Waals surface area contributed by atoms with Gasteiger partial charge in [-0.15, -0.1) is 0 Å². The van der Waals surface area contributed by atoms with Crippen LogP contribution in [0.3, 0.4) is 0 Å². The maximum Gasteiger partial charge on any atom is 0.306 e. The molecule has 0 saturated heterocycles. The van der Waals surface area contributed by atoms with Gasteiger partial charge in [0.25, 0.3) is 0 Å². The van der Waals surface area contributed by atoms with Crippen molar-refractivity contribution in [2.45, 2.75) is 38.0 Å². The highest BCUT2D eigenvalue weighted by molar-refractivity contribution is 5.87. The van der Waals surface area contributed by atoms with Crippen LogP contribution in [0.2, 0.25) is 0 Å². The van der Waals surface area contributed by atoms with Crippen LogP contribution in [-0.2, 0) is 11.4 Å². The van der Waals surface area contributed by atoms with E-state index in [1.165, 1.54) is 6.07 Å². The molecule has 1 heterocycles. The number of hydrogen-bond donors (Lipinski definition) is 4. The van der Waals surface area contributed by atoms with Gasteiger partial charge in [-0.1, -0.05) is 36.4 Å². The number of rotatable bonds is 8. The lowest BCUT2D eigenvalue weighted by Crippen LogP contribution is -2.31. The molecule has 1 aliphatic carbocycles. The quantitative estimate of drug-likeness (QED) is 0.444. The fraction of sp³-hybridized carbons (Fsp3) is 0.333. The summed E-state index contributed by atoms with van der Waals surface area (Å²) < 4.78 is 5.95. The van der Waals surface area contributed by atoms with Crippen LogP contribution in [-0.4, -0.2) is 33.8 Å². The third kappa shape index (κ3) is 4.95. The Kier molecular flexibility index (Phi) is 6.34. The smallest absolute Gasteiger partial charge is 0.306 e. The molecule has 2 aromatic carbocycles. The van der Waals surface area contributed by atoms with Gasteiger partial charge in [0, 0.05) is 24.0 Å². The number of fused-ring (bicyclic) bond motifs is 1. The molecular formula is C24H26N2O5. The number of aromatic amines is 1. The van der Waals surface area contributed by atoms with Gasteiger partial charge in [-0.25, -0.2) is 0 Å². The van der Waals surface area contributed by atoms with E-state index in [2.05, 4.69) is 10.3 Å². The number of carboxylic acids is 1. The maximum absolute atomic E-state index is 11.9. The lowest BCUT2D eigenvalue weighted by atomic mass is 10.0. The molecule has 4 N–H and O–H groups in total. The van der Waals surface area contributed by atoms with Gasteiger partial charge in [0.15, 0.2) is 0 Å². The maximum atomic E-state index is 11.9. The number of aliphatic carboxylic acids is 1. The van der Waals surface area contributed by atoms with Crippen molar-refractivity contribution in [3.05, 3.63) is 76.1 Å². The predicted molar refractivity (Wildman–Crippen MR) is 117 cm³/mol. The molecule has 0 bridgehead atoms. The molecule has 1 aromatic heterocycles. The summed E-state index contributed by atoms with van der Waals surface area (Å²) >= 11 is 0. The highest BCUT2D eigenvalue weighted by atomic mass is 16.5. The summed E-state index contributed by atoms with van der Waals surface area (Å²) in [6.07, 6.45) is 1.20. The van der Waals surface area contributed by atoms with Gasteiger partial charge in [-0.3, -0.25) is 9.59 Å². The van der Waals surface area contributed by atoms with Gasteiger partial charge in [-0.05, 0) is 42.5 Å². The number of ether oxygens (including phenoxy) is 1. The van der Waals surface area contributed by atoms with E-state index in [9.17, 15) is 14.7 Å². The minimum atomic E-state index is -0.805. The first-order chi connectivity index (χ1) is 15.0. The summed E-state index contributed by atoms with van der Waals surface area (Å²) in [6, 6.07) is 16.5. The Labute approximate surface area is 179 Å². The van der Waals surface area contributed by atoms with Gasteiger partial charge < -0.3 is 25.3 Å². The van der Waals surface area contributed by atoms with Crippen molar-refractivity contribution in [1.29, 1.82) is 0 Å². The van der Waals surface area contributed by atoms with Crippen LogP contribution in [0, 0.1) is 5.92 Å². The van der Waals surface area contributed by atoms with E-state index in [-0.39, 0.29) is 17.5 Å². The lowest BCUT2D eigenvalue weighted by Gasteiger charge is -2.19. The SMILES string of the molecule is O=C(O)[C@@H]1CC[C@H](NCC(O)c2ccc(OCc3ccccc3)c3[nH]c(=O)ccc23)C1. The van der Waals surface area contributed by atoms with Gasteiger partial charge in [0.05, 0.1) is 17.5 Å². The van der Waals surface area contributed by atoms with Crippen LogP contribution in [0.4, 0.5) is 0 Å². The summed E-state index contributed by atoms with van der Waals surface area (Å²) in [4.78, 5) is 25.9. The van der Waals surface area contributed by atoms with Crippen LogP contribution < -0.4 is 15.6 Å². The summed E-state index contributed by atoms with van der Waals surface area (Å²) in [6.45, 7) is 0.665. The van der Waals surface area contributed by atoms with Gasteiger partial charge in [0.1, 0.15) is 12.4 Å². The van der Waals surface area contributed by atoms with Crippen LogP contribution in [0.15, 0.2) is 59.4 Å². The number of H-pyrrole nitrogens is 1. The number of aliphatic hydroxyl groups excluding tert-OH is 1. The molecule has 0 spiro atoms. The van der Waals surface area contributed by atoms with E-state index in [0.29, 0.717) is 48.2 Å². The van der Waals surface area contributed by atoms with Crippen LogP contribution in [0.5, 0.6) is 5.75 Å². The second-order valence-corrected chi connectivity index (χ2v) is 8.01. The highest BCUT2D eigenvalue weighted by Gasteiger charge is 2.29. The number of aliphatic hydroxyl groups is 1. The van der Waals surface area contributed by atoms with E-state index in [4.69, 9.17) is 9.84 Å². The molecule has 3 aromatic rings. The van der Waals surface area contributed by atoms with Gasteiger partial charge >= 0.3 is 5.97 Å². The standard InChI is InChI=1S/C24H26N2O5/c27-20(13-25-17-7-6-16(12-17)24(29)30)18-8-10-21(23-19(18)9-11-22(28)26-23)31-14-15-4-2-1-3-5-15/h1-5,8-11,16-17,20,25,27H,6-7,12-14H2,(H,26,28)(H,29,30)/t16-,17+,20?/m1/s1. The molecule has 4 rings (SSSR count). The van der Waals surface area contributed by atoms with E-state index in [1.807, 2.05) is 36.4 Å². The minimum Gasteiger partial charge on any atom is -0.487 e. The molecule has 7 heteroatoms. The molecule has 31 heavy (non-hydrogen) atoms. The molecule has 1 fully saturated rings. The van der Waals surface area contributed by atoms with Crippen LogP contribution in [0.1, 0.15) is 36.5 Å². The fourth-order valence-electron chi connectivity index (χ4n) is 4.17. The largest absolute Gasteiger partial charge is 0.487 e. The van der Waals surface area contributed by atoms with Crippen LogP contribution >= 0.6 is 0 Å². The van der Waals surface area contributed by atoms with Crippen LogP contribution in [0.25, 0.3) is 10.9 Å². The fourth-order valence-corrected chi connectivity index (χ4v) is 4.17. The molecule has 0 radical (unpaired) electrons. The van der Waals surface area contributed by atoms with Gasteiger partial charge in [-0.2, -0.15) is 0 Å². The van der Waals surface area contributed by atoms with E-state index in [0.717, 1.165) is 12.0 Å². The predicted octanol–water partition coefficient (Wildman–Crippen LogP) is 2.98. The van der Waals surface area contributed by atoms with E-state index < -0.39 is 12.1 Å². The Morgan fingerprint density at radius 1 is 1.13 bits per heavy atom. The first kappa shape index (κ1) is 21.1. The summed E-state index contributed by atoms with van der Waals surface area (Å²) in [5.41, 5.74) is 2.00. The zero-order valence-corrected chi connectivity index (χ0v) is 17.1. The Morgan fingerprint density at radius 3 is 2.68 bits per heavy atom. The van der Waals surface area contributed by atoms with E-state index in [1.54, 1.807) is 12.1 Å². The van der Waals surface area contributed by atoms with Crippen molar-refractivity contribution in [2.24, 2.45) is 5.92 Å². The average Bonchev–Trinajstić information content (AvgIpc) is 3.26. The third-order valence-corrected chi connectivity index (χ3v) is 5.87. The van der Waals surface area contributed by atoms with Crippen molar-refractivity contribution in [3.63, 3.8) is 0 Å². The number of pyridine rings is 1. The zero-order chi connectivity index (χ0) is 21.8. The molecule has 7 nitrogen and oxygen atoms in total. The third-order valence-electron chi connectivity index (χ3n) is 5.87. The number of benzene rings is 2. The highest BCUT2D eigenvalue weighted by Crippen LogP contribution is 2.31. The molecule has 1 unspecified atom stereocenters. The number of aromatic nitrogens is 1. The minimum absolute atomic E-state index is 0.0790. The van der Waals surface area contributed by atoms with Crippen molar-refractivity contribution in [3.8, 4) is 5.75 Å². The molecular weight excluding hydrogens is 396 g/mol.